The molecule has 0 bridgehead atoms. The van der Waals surface area contributed by atoms with Gasteiger partial charge in [0, 0.05) is 60.7 Å². The Morgan fingerprint density at radius 2 is 0.891 bits per heavy atom. The fourth-order valence-electron chi connectivity index (χ4n) is 10.8. The molecule has 2 aliphatic rings. The van der Waals surface area contributed by atoms with Crippen LogP contribution >= 0.6 is 0 Å². The van der Waals surface area contributed by atoms with E-state index in [-0.39, 0.29) is 12.0 Å². The van der Waals surface area contributed by atoms with Gasteiger partial charge in [-0.1, -0.05) is 158 Å². The smallest absolute Gasteiger partial charge is 0.240 e. The normalized spacial score (nSPS) is 15.4. The van der Waals surface area contributed by atoms with E-state index in [1.165, 1.54) is 37.8 Å². The minimum atomic E-state index is -0.0933. The van der Waals surface area contributed by atoms with Crippen molar-refractivity contribution in [1.29, 1.82) is 0 Å². The Hall–Kier alpha value is -8.55. The summed E-state index contributed by atoms with van der Waals surface area (Å²) < 4.78 is 7.10. The van der Waals surface area contributed by atoms with Crippen molar-refractivity contribution in [2.45, 2.75) is 12.0 Å². The van der Waals surface area contributed by atoms with Crippen LogP contribution in [0.1, 0.15) is 11.5 Å². The third-order valence-corrected chi connectivity index (χ3v) is 13.4. The number of nitrogens with zero attached hydrogens (tertiary/aromatic N) is 7. The lowest BCUT2D eigenvalue weighted by Gasteiger charge is -2.27. The van der Waals surface area contributed by atoms with Crippen LogP contribution in [0, 0.1) is 0 Å². The lowest BCUT2D eigenvalue weighted by Crippen LogP contribution is -2.40. The maximum absolute atomic E-state index is 5.63. The summed E-state index contributed by atoms with van der Waals surface area (Å²) in [6.07, 6.45) is 4.92. The Morgan fingerprint density at radius 3 is 1.58 bits per heavy atom. The van der Waals surface area contributed by atoms with Gasteiger partial charge in [-0.25, -0.2) is 0 Å². The molecule has 7 nitrogen and oxygen atoms in total. The monoisotopic (exact) mass is 819 g/mol. The summed E-state index contributed by atoms with van der Waals surface area (Å²) >= 11 is 0. The van der Waals surface area contributed by atoms with Gasteiger partial charge >= 0.3 is 0 Å². The minimum Gasteiger partial charge on any atom is -0.310 e. The van der Waals surface area contributed by atoms with Crippen LogP contribution in [0.4, 0.5) is 11.6 Å². The summed E-state index contributed by atoms with van der Waals surface area (Å²) in [5.74, 6) is 1.83. The molecule has 0 saturated heterocycles. The third kappa shape index (κ3) is 4.94. The van der Waals surface area contributed by atoms with Gasteiger partial charge in [0.2, 0.25) is 11.9 Å². The van der Waals surface area contributed by atoms with Crippen molar-refractivity contribution in [2.75, 3.05) is 4.90 Å². The second-order valence-corrected chi connectivity index (χ2v) is 16.8. The molecule has 2 unspecified atom stereocenters. The lowest BCUT2D eigenvalue weighted by molar-refractivity contribution is 0.770. The molecule has 0 N–H and O–H groups in total. The predicted molar refractivity (Wildman–Crippen MR) is 261 cm³/mol. The van der Waals surface area contributed by atoms with Crippen LogP contribution < -0.4 is 15.5 Å². The highest BCUT2D eigenvalue weighted by Crippen LogP contribution is 2.47. The standard InChI is InChI=1S/C57H37N7/c1-4-18-36(19-5-1)55-58-56(63-49-30-16-13-27-42(49)46-34-51-45(35-52(46)63)41-26-12-14-28-47(41)61(51)37-20-6-2-7-21-37)60-57(59-55)64-50-31-17-11-25-40(50)44-33-32-43-39-24-10-15-29-48(39)62(53(43)54(44)64)38-22-8-3-9-23-38/h1-35,46,52H. The summed E-state index contributed by atoms with van der Waals surface area (Å²) in [5.41, 5.74) is 11.0. The molecule has 5 heterocycles. The zero-order chi connectivity index (χ0) is 41.9. The first kappa shape index (κ1) is 35.1. The summed E-state index contributed by atoms with van der Waals surface area (Å²) in [6.45, 7) is 0. The summed E-state index contributed by atoms with van der Waals surface area (Å²) in [7, 11) is 0. The number of hydrogen-bond donors (Lipinski definition) is 0. The Kier molecular flexibility index (Phi) is 7.39. The number of aromatic nitrogens is 6. The van der Waals surface area contributed by atoms with Crippen molar-refractivity contribution in [2.24, 2.45) is 0 Å². The first-order valence-corrected chi connectivity index (χ1v) is 21.9. The quantitative estimate of drug-likeness (QED) is 0.174. The molecule has 4 aromatic heterocycles. The van der Waals surface area contributed by atoms with Crippen molar-refractivity contribution in [3.05, 3.63) is 216 Å². The topological polar surface area (TPSA) is 56.7 Å². The van der Waals surface area contributed by atoms with Gasteiger partial charge in [0.05, 0.1) is 39.0 Å². The van der Waals surface area contributed by atoms with E-state index in [4.69, 9.17) is 15.0 Å². The van der Waals surface area contributed by atoms with Crippen LogP contribution in [0.3, 0.4) is 0 Å². The summed E-state index contributed by atoms with van der Waals surface area (Å²) in [5, 5.41) is 8.27. The molecule has 0 spiro atoms. The molecule has 0 fully saturated rings. The van der Waals surface area contributed by atoms with Crippen molar-refractivity contribution >= 4 is 78.3 Å². The molecule has 7 heteroatoms. The van der Waals surface area contributed by atoms with E-state index in [2.05, 4.69) is 225 Å². The molecular formula is C57H37N7. The van der Waals surface area contributed by atoms with Crippen molar-refractivity contribution in [1.82, 2.24) is 28.7 Å². The first-order chi connectivity index (χ1) is 31.8. The largest absolute Gasteiger partial charge is 0.310 e. The SMILES string of the molecule is C1=c2c(n(-c3ccccc3)c3ccccc23)=CC2c3ccccc3N(c3nc(-c4ccccc4)nc(-n4c5ccccc5c5ccc6c7ccccc7n(-c7ccccc7)c6c54)n3)C12. The third-order valence-electron chi connectivity index (χ3n) is 13.4. The molecule has 0 amide bonds. The van der Waals surface area contributed by atoms with E-state index in [1.807, 2.05) is 6.07 Å². The van der Waals surface area contributed by atoms with Crippen LogP contribution in [-0.4, -0.2) is 34.7 Å². The van der Waals surface area contributed by atoms with E-state index < -0.39 is 0 Å². The van der Waals surface area contributed by atoms with Crippen molar-refractivity contribution in [3.63, 3.8) is 0 Å². The molecule has 0 saturated carbocycles. The molecule has 8 aromatic carbocycles. The Balaban J connectivity index is 1.08. The van der Waals surface area contributed by atoms with Gasteiger partial charge in [0.15, 0.2) is 5.82 Å². The number of anilines is 2. The van der Waals surface area contributed by atoms with E-state index in [0.717, 1.165) is 55.5 Å². The second kappa shape index (κ2) is 13.5. The van der Waals surface area contributed by atoms with E-state index >= 15 is 0 Å². The van der Waals surface area contributed by atoms with Crippen LogP contribution in [0.25, 0.3) is 95.4 Å². The number of rotatable bonds is 5. The number of para-hydroxylation sites is 6. The highest BCUT2D eigenvalue weighted by Gasteiger charge is 2.40. The van der Waals surface area contributed by atoms with Crippen LogP contribution in [-0.2, 0) is 0 Å². The molecular weight excluding hydrogens is 783 g/mol. The number of benzene rings is 8. The Bertz CT molecular complexity index is 3980. The van der Waals surface area contributed by atoms with Gasteiger partial charge < -0.3 is 14.0 Å². The number of fused-ring (bicyclic) bond motifs is 13. The zero-order valence-corrected chi connectivity index (χ0v) is 34.5. The van der Waals surface area contributed by atoms with Gasteiger partial charge in [-0.05, 0) is 60.2 Å². The molecule has 14 rings (SSSR count). The van der Waals surface area contributed by atoms with Crippen LogP contribution in [0.15, 0.2) is 200 Å². The average molecular weight is 820 g/mol. The molecule has 1 aliphatic heterocycles. The summed E-state index contributed by atoms with van der Waals surface area (Å²) in [6, 6.07) is 71.0. The van der Waals surface area contributed by atoms with E-state index in [9.17, 15) is 0 Å². The van der Waals surface area contributed by atoms with Gasteiger partial charge in [-0.15, -0.1) is 0 Å². The van der Waals surface area contributed by atoms with Crippen LogP contribution in [0.5, 0.6) is 0 Å². The Labute approximate surface area is 367 Å². The maximum Gasteiger partial charge on any atom is 0.240 e. The molecule has 1 aliphatic carbocycles. The van der Waals surface area contributed by atoms with Crippen LogP contribution in [0.2, 0.25) is 0 Å². The molecule has 0 radical (unpaired) electrons. The highest BCUT2D eigenvalue weighted by atomic mass is 15.3. The van der Waals surface area contributed by atoms with Crippen molar-refractivity contribution < 1.29 is 0 Å². The predicted octanol–water partition coefficient (Wildman–Crippen LogP) is 11.6. The minimum absolute atomic E-state index is 0.0466. The first-order valence-electron chi connectivity index (χ1n) is 21.9. The summed E-state index contributed by atoms with van der Waals surface area (Å²) in [4.78, 5) is 18.8. The molecule has 300 valence electrons. The Morgan fingerprint density at radius 1 is 0.375 bits per heavy atom. The maximum atomic E-state index is 5.63. The fraction of sp³-hybridized carbons (Fsp3) is 0.0351. The van der Waals surface area contributed by atoms with E-state index in [1.54, 1.807) is 0 Å². The van der Waals surface area contributed by atoms with Gasteiger partial charge in [-0.3, -0.25) is 4.57 Å². The fourth-order valence-corrected chi connectivity index (χ4v) is 10.8. The molecule has 12 aromatic rings. The van der Waals surface area contributed by atoms with Gasteiger partial charge in [0.25, 0.3) is 0 Å². The second-order valence-electron chi connectivity index (χ2n) is 16.8. The lowest BCUT2D eigenvalue weighted by atomic mass is 9.90. The highest BCUT2D eigenvalue weighted by molar-refractivity contribution is 6.23. The average Bonchev–Trinajstić information content (AvgIpc) is 4.09. The van der Waals surface area contributed by atoms with Gasteiger partial charge in [0.1, 0.15) is 0 Å². The molecule has 2 atom stereocenters. The zero-order valence-electron chi connectivity index (χ0n) is 34.5. The van der Waals surface area contributed by atoms with Gasteiger partial charge in [-0.2, -0.15) is 15.0 Å². The number of hydrogen-bond acceptors (Lipinski definition) is 4. The molecule has 64 heavy (non-hydrogen) atoms. The van der Waals surface area contributed by atoms with E-state index in [0.29, 0.717) is 17.7 Å². The van der Waals surface area contributed by atoms with Crippen molar-refractivity contribution in [3.8, 4) is 28.7 Å².